The summed E-state index contributed by atoms with van der Waals surface area (Å²) in [5.74, 6) is -0.219. The maximum atomic E-state index is 16.8. The van der Waals surface area contributed by atoms with Gasteiger partial charge in [-0.3, -0.25) is 4.98 Å². The van der Waals surface area contributed by atoms with Gasteiger partial charge in [0.1, 0.15) is 11.6 Å². The molecular formula is C35H43FN2O4. The summed E-state index contributed by atoms with van der Waals surface area (Å²) >= 11 is 0. The van der Waals surface area contributed by atoms with Crippen molar-refractivity contribution >= 4 is 5.97 Å². The van der Waals surface area contributed by atoms with E-state index in [1.165, 1.54) is 11.1 Å². The van der Waals surface area contributed by atoms with Crippen LogP contribution < -0.4 is 10.1 Å². The predicted octanol–water partition coefficient (Wildman–Crippen LogP) is 7.26. The minimum atomic E-state index is -1.11. The van der Waals surface area contributed by atoms with Gasteiger partial charge >= 0.3 is 5.97 Å². The van der Waals surface area contributed by atoms with Crippen LogP contribution in [0.1, 0.15) is 86.3 Å². The van der Waals surface area contributed by atoms with E-state index in [9.17, 15) is 4.79 Å². The first-order valence-electron chi connectivity index (χ1n) is 15.0. The zero-order chi connectivity index (χ0) is 30.3. The van der Waals surface area contributed by atoms with Gasteiger partial charge in [-0.05, 0) is 110 Å². The number of fused-ring (bicyclic) bond motifs is 2. The lowest BCUT2D eigenvalue weighted by Gasteiger charge is -2.31. The average molecular weight is 575 g/mol. The van der Waals surface area contributed by atoms with Crippen molar-refractivity contribution in [3.05, 3.63) is 69.3 Å². The number of carbonyl (C=O) groups excluding carboxylic acids is 1. The number of carbonyl (C=O) groups is 1. The summed E-state index contributed by atoms with van der Waals surface area (Å²) in [5.41, 5.74) is 7.95. The van der Waals surface area contributed by atoms with Crippen LogP contribution in [0.4, 0.5) is 4.39 Å². The van der Waals surface area contributed by atoms with E-state index < -0.39 is 17.7 Å². The van der Waals surface area contributed by atoms with Crippen molar-refractivity contribution in [2.24, 2.45) is 0 Å². The highest BCUT2D eigenvalue weighted by Crippen LogP contribution is 2.47. The number of rotatable bonds is 6. The monoisotopic (exact) mass is 574 g/mol. The molecule has 2 aromatic carbocycles. The van der Waals surface area contributed by atoms with Crippen LogP contribution >= 0.6 is 0 Å². The minimum Gasteiger partial charge on any atom is -0.493 e. The Kier molecular flexibility index (Phi) is 8.46. The molecule has 0 amide bonds. The molecular weight excluding hydrogens is 531 g/mol. The van der Waals surface area contributed by atoms with E-state index in [1.54, 1.807) is 0 Å². The maximum Gasteiger partial charge on any atom is 0.340 e. The first-order chi connectivity index (χ1) is 19.9. The van der Waals surface area contributed by atoms with Crippen LogP contribution in [0.15, 0.2) is 24.3 Å². The lowest BCUT2D eigenvalue weighted by molar-refractivity contribution is -0.171. The van der Waals surface area contributed by atoms with Crippen molar-refractivity contribution in [2.45, 2.75) is 99.0 Å². The van der Waals surface area contributed by atoms with E-state index in [2.05, 4.69) is 23.5 Å². The molecule has 0 radical (unpaired) electrons. The molecule has 6 nitrogen and oxygen atoms in total. The normalized spacial score (nSPS) is 15.6. The van der Waals surface area contributed by atoms with Gasteiger partial charge in [-0.1, -0.05) is 18.2 Å². The third-order valence-electron chi connectivity index (χ3n) is 7.87. The zero-order valence-electron chi connectivity index (χ0n) is 26.2. The second-order valence-corrected chi connectivity index (χ2v) is 12.8. The second-order valence-electron chi connectivity index (χ2n) is 12.8. The van der Waals surface area contributed by atoms with Crippen molar-refractivity contribution in [1.82, 2.24) is 10.3 Å². The summed E-state index contributed by atoms with van der Waals surface area (Å²) in [6, 6.07) is 8.26. The van der Waals surface area contributed by atoms with Gasteiger partial charge in [-0.15, -0.1) is 0 Å². The van der Waals surface area contributed by atoms with Crippen LogP contribution in [0.2, 0.25) is 0 Å². The van der Waals surface area contributed by atoms with Gasteiger partial charge in [0, 0.05) is 45.7 Å². The molecule has 1 N–H and O–H groups in total. The summed E-state index contributed by atoms with van der Waals surface area (Å²) < 4.78 is 34.9. The summed E-state index contributed by atoms with van der Waals surface area (Å²) in [7, 11) is 0. The Morgan fingerprint density at radius 2 is 1.81 bits per heavy atom. The minimum absolute atomic E-state index is 0.323. The van der Waals surface area contributed by atoms with E-state index in [-0.39, 0.29) is 11.9 Å². The number of halogens is 1. The third kappa shape index (κ3) is 5.95. The lowest BCUT2D eigenvalue weighted by atomic mass is 9.83. The number of aromatic nitrogens is 1. The number of esters is 1. The fourth-order valence-electron chi connectivity index (χ4n) is 6.20. The Morgan fingerprint density at radius 1 is 1.05 bits per heavy atom. The highest BCUT2D eigenvalue weighted by molar-refractivity contribution is 5.92. The van der Waals surface area contributed by atoms with Crippen molar-refractivity contribution in [1.29, 1.82) is 0 Å². The molecule has 1 atom stereocenters. The summed E-state index contributed by atoms with van der Waals surface area (Å²) in [4.78, 5) is 18.7. The molecule has 0 aliphatic carbocycles. The molecule has 0 spiro atoms. The molecule has 0 unspecified atom stereocenters. The molecule has 0 saturated carbocycles. The fourth-order valence-corrected chi connectivity index (χ4v) is 6.20. The van der Waals surface area contributed by atoms with Crippen molar-refractivity contribution in [3.63, 3.8) is 0 Å². The van der Waals surface area contributed by atoms with Gasteiger partial charge in [0.15, 0.2) is 6.10 Å². The Hall–Kier alpha value is -3.29. The largest absolute Gasteiger partial charge is 0.493 e. The highest BCUT2D eigenvalue weighted by atomic mass is 19.1. The molecule has 2 aliphatic rings. The highest BCUT2D eigenvalue weighted by Gasteiger charge is 2.36. The van der Waals surface area contributed by atoms with Crippen LogP contribution in [-0.4, -0.2) is 35.8 Å². The molecule has 1 aromatic heterocycles. The van der Waals surface area contributed by atoms with E-state index in [1.807, 2.05) is 61.5 Å². The number of nitrogens with zero attached hydrogens (tertiary/aromatic N) is 1. The van der Waals surface area contributed by atoms with E-state index in [0.717, 1.165) is 48.3 Å². The predicted molar refractivity (Wildman–Crippen MR) is 163 cm³/mol. The number of hydrogen-bond donors (Lipinski definition) is 1. The second kappa shape index (κ2) is 11.8. The first-order valence-corrected chi connectivity index (χ1v) is 15.0. The van der Waals surface area contributed by atoms with Crippen LogP contribution in [0.25, 0.3) is 22.3 Å². The Bertz CT molecular complexity index is 1520. The third-order valence-corrected chi connectivity index (χ3v) is 7.87. The number of pyridine rings is 1. The summed E-state index contributed by atoms with van der Waals surface area (Å²) in [6.07, 6.45) is 0.787. The van der Waals surface area contributed by atoms with Gasteiger partial charge in [0.05, 0.1) is 18.3 Å². The van der Waals surface area contributed by atoms with Gasteiger partial charge in [0.2, 0.25) is 0 Å². The number of aryl methyl sites for hydroxylation is 3. The van der Waals surface area contributed by atoms with Crippen molar-refractivity contribution in [3.8, 4) is 28.0 Å². The summed E-state index contributed by atoms with van der Waals surface area (Å²) in [6.45, 7) is 17.4. The molecule has 0 fully saturated rings. The Balaban J connectivity index is 1.87. The lowest BCUT2D eigenvalue weighted by Crippen LogP contribution is -2.31. The molecule has 5 rings (SSSR count). The van der Waals surface area contributed by atoms with Gasteiger partial charge in [-0.25, -0.2) is 9.18 Å². The zero-order valence-corrected chi connectivity index (χ0v) is 26.2. The van der Waals surface area contributed by atoms with Crippen LogP contribution in [0.5, 0.6) is 5.75 Å². The van der Waals surface area contributed by atoms with E-state index in [4.69, 9.17) is 19.2 Å². The molecule has 224 valence electrons. The molecule has 3 heterocycles. The number of nitrogens with one attached hydrogen (secondary N) is 1. The number of ether oxygens (including phenoxy) is 3. The van der Waals surface area contributed by atoms with Crippen LogP contribution in [0.3, 0.4) is 0 Å². The molecule has 0 saturated heterocycles. The standard InChI is InChI=1S/C35H43FN2O4/c1-19(2)41-34(39)33(42-35(6,7)8)29-22(5)38-21(4)28(24-11-12-25-18-37-14-13-23(25)17-24)30(29)27-16-20(3)32-26(31(27)36)10-9-15-40-32/h11-12,16-17,19,33,37H,9-10,13-15,18H2,1-8H3/t33-/m0/s1. The van der Waals surface area contributed by atoms with Gasteiger partial charge < -0.3 is 19.5 Å². The molecule has 0 bridgehead atoms. The Morgan fingerprint density at radius 3 is 2.52 bits per heavy atom. The first kappa shape index (κ1) is 30.2. The van der Waals surface area contributed by atoms with Crippen LogP contribution in [0, 0.1) is 26.6 Å². The molecule has 2 aliphatic heterocycles. The quantitative estimate of drug-likeness (QED) is 0.313. The van der Waals surface area contributed by atoms with E-state index >= 15 is 4.39 Å². The van der Waals surface area contributed by atoms with Gasteiger partial charge in [-0.2, -0.15) is 0 Å². The Labute approximate surface area is 249 Å². The SMILES string of the molecule is Cc1cc(-c2c(-c3ccc4c(c3)CCNC4)c(C)nc(C)c2[C@H](OC(C)(C)C)C(=O)OC(C)C)c(F)c2c1OCCC2. The fraction of sp³-hybridized carbons (Fsp3) is 0.486. The van der Waals surface area contributed by atoms with Crippen molar-refractivity contribution in [2.75, 3.05) is 13.2 Å². The molecule has 42 heavy (non-hydrogen) atoms. The molecule has 7 heteroatoms. The van der Waals surface area contributed by atoms with Gasteiger partial charge in [0.25, 0.3) is 0 Å². The topological polar surface area (TPSA) is 69.7 Å². The number of hydrogen-bond acceptors (Lipinski definition) is 6. The van der Waals surface area contributed by atoms with Crippen molar-refractivity contribution < 1.29 is 23.4 Å². The number of benzene rings is 2. The molecule has 3 aromatic rings. The van der Waals surface area contributed by atoms with E-state index in [0.29, 0.717) is 46.7 Å². The maximum absolute atomic E-state index is 16.8. The smallest absolute Gasteiger partial charge is 0.340 e. The average Bonchev–Trinajstić information content (AvgIpc) is 2.92. The van der Waals surface area contributed by atoms with Crippen LogP contribution in [-0.2, 0) is 33.7 Å². The summed E-state index contributed by atoms with van der Waals surface area (Å²) in [5, 5.41) is 3.43.